The molecule has 0 atom stereocenters. The van der Waals surface area contributed by atoms with Crippen LogP contribution in [0, 0.1) is 0 Å². The Bertz CT molecular complexity index is 910. The molecule has 0 aliphatic rings. The summed E-state index contributed by atoms with van der Waals surface area (Å²) in [5, 5.41) is 0. The Morgan fingerprint density at radius 3 is 2.33 bits per heavy atom. The molecule has 24 heavy (non-hydrogen) atoms. The average molecular weight is 338 g/mol. The van der Waals surface area contributed by atoms with E-state index in [2.05, 4.69) is 4.98 Å². The molecule has 0 bridgehead atoms. The summed E-state index contributed by atoms with van der Waals surface area (Å²) < 4.78 is 27.4. The molecule has 5 heteroatoms. The molecule has 0 saturated heterocycles. The SMILES string of the molecule is CN(Cc1cccnc1)S(=O)(=O)c1ccccc1-c1ccccc1. The van der Waals surface area contributed by atoms with Crippen molar-refractivity contribution in [3.05, 3.63) is 84.7 Å². The molecule has 2 aromatic carbocycles. The summed E-state index contributed by atoms with van der Waals surface area (Å²) in [6.07, 6.45) is 3.35. The van der Waals surface area contributed by atoms with Crippen molar-refractivity contribution >= 4 is 10.0 Å². The van der Waals surface area contributed by atoms with Gasteiger partial charge >= 0.3 is 0 Å². The van der Waals surface area contributed by atoms with Gasteiger partial charge in [0.2, 0.25) is 10.0 Å². The van der Waals surface area contributed by atoms with E-state index in [0.29, 0.717) is 10.5 Å². The van der Waals surface area contributed by atoms with E-state index in [9.17, 15) is 8.42 Å². The minimum atomic E-state index is -3.61. The zero-order valence-electron chi connectivity index (χ0n) is 13.3. The molecule has 0 radical (unpaired) electrons. The highest BCUT2D eigenvalue weighted by Gasteiger charge is 2.24. The Labute approximate surface area is 142 Å². The van der Waals surface area contributed by atoms with Gasteiger partial charge in [0.25, 0.3) is 0 Å². The van der Waals surface area contributed by atoms with Crippen LogP contribution in [0.15, 0.2) is 84.0 Å². The second-order valence-electron chi connectivity index (χ2n) is 5.48. The van der Waals surface area contributed by atoms with E-state index >= 15 is 0 Å². The van der Waals surface area contributed by atoms with Crippen molar-refractivity contribution in [2.45, 2.75) is 11.4 Å². The molecule has 1 heterocycles. The van der Waals surface area contributed by atoms with E-state index in [1.807, 2.05) is 48.5 Å². The van der Waals surface area contributed by atoms with Gasteiger partial charge in [-0.2, -0.15) is 4.31 Å². The van der Waals surface area contributed by atoms with Gasteiger partial charge in [0.1, 0.15) is 0 Å². The Kier molecular flexibility index (Phi) is 4.74. The maximum absolute atomic E-state index is 13.0. The molecule has 0 spiro atoms. The molecule has 0 fully saturated rings. The van der Waals surface area contributed by atoms with Crippen LogP contribution in [0.1, 0.15) is 5.56 Å². The van der Waals surface area contributed by atoms with Crippen LogP contribution in [-0.2, 0) is 16.6 Å². The summed E-state index contributed by atoms with van der Waals surface area (Å²) in [6, 6.07) is 20.3. The summed E-state index contributed by atoms with van der Waals surface area (Å²) >= 11 is 0. The quantitative estimate of drug-likeness (QED) is 0.714. The normalized spacial score (nSPS) is 11.6. The highest BCUT2D eigenvalue weighted by atomic mass is 32.2. The third-order valence-corrected chi connectivity index (χ3v) is 5.65. The molecule has 0 aliphatic heterocycles. The second-order valence-corrected chi connectivity index (χ2v) is 7.50. The third-order valence-electron chi connectivity index (χ3n) is 3.79. The number of sulfonamides is 1. The fraction of sp³-hybridized carbons (Fsp3) is 0.105. The first-order valence-electron chi connectivity index (χ1n) is 7.59. The fourth-order valence-corrected chi connectivity index (χ4v) is 3.92. The number of pyridine rings is 1. The molecule has 0 amide bonds. The minimum Gasteiger partial charge on any atom is -0.264 e. The van der Waals surface area contributed by atoms with Crippen molar-refractivity contribution < 1.29 is 8.42 Å². The smallest absolute Gasteiger partial charge is 0.243 e. The van der Waals surface area contributed by atoms with Crippen molar-refractivity contribution in [2.75, 3.05) is 7.05 Å². The molecule has 3 rings (SSSR count). The predicted octanol–water partition coefficient (Wildman–Crippen LogP) is 3.57. The molecule has 122 valence electrons. The Morgan fingerprint density at radius 2 is 1.62 bits per heavy atom. The lowest BCUT2D eigenvalue weighted by Gasteiger charge is -2.19. The van der Waals surface area contributed by atoms with Crippen LogP contribution in [0.3, 0.4) is 0 Å². The maximum Gasteiger partial charge on any atom is 0.243 e. The first-order valence-corrected chi connectivity index (χ1v) is 9.03. The fourth-order valence-electron chi connectivity index (χ4n) is 2.55. The number of nitrogens with zero attached hydrogens (tertiary/aromatic N) is 2. The molecule has 0 saturated carbocycles. The van der Waals surface area contributed by atoms with E-state index in [-0.39, 0.29) is 6.54 Å². The topological polar surface area (TPSA) is 50.3 Å². The lowest BCUT2D eigenvalue weighted by atomic mass is 10.1. The molecule has 1 aromatic heterocycles. The van der Waals surface area contributed by atoms with Crippen LogP contribution < -0.4 is 0 Å². The van der Waals surface area contributed by atoms with Crippen LogP contribution >= 0.6 is 0 Å². The molecule has 3 aromatic rings. The minimum absolute atomic E-state index is 0.277. The molecule has 0 unspecified atom stereocenters. The number of aromatic nitrogens is 1. The molecule has 0 N–H and O–H groups in total. The van der Waals surface area contributed by atoms with Crippen molar-refractivity contribution in [3.8, 4) is 11.1 Å². The van der Waals surface area contributed by atoms with Crippen molar-refractivity contribution in [1.29, 1.82) is 0 Å². The van der Waals surface area contributed by atoms with E-state index < -0.39 is 10.0 Å². The summed E-state index contributed by atoms with van der Waals surface area (Å²) in [4.78, 5) is 4.34. The Balaban J connectivity index is 1.99. The number of hydrogen-bond acceptors (Lipinski definition) is 3. The van der Waals surface area contributed by atoms with E-state index in [1.54, 1.807) is 37.6 Å². The van der Waals surface area contributed by atoms with Gasteiger partial charge in [0.15, 0.2) is 0 Å². The van der Waals surface area contributed by atoms with E-state index in [0.717, 1.165) is 11.1 Å². The van der Waals surface area contributed by atoms with Gasteiger partial charge in [0.05, 0.1) is 4.90 Å². The average Bonchev–Trinajstić information content (AvgIpc) is 2.63. The summed E-state index contributed by atoms with van der Waals surface area (Å²) in [5.74, 6) is 0. The predicted molar refractivity (Wildman–Crippen MR) is 94.8 cm³/mol. The molecular weight excluding hydrogens is 320 g/mol. The van der Waals surface area contributed by atoms with E-state index in [1.165, 1.54) is 4.31 Å². The lowest BCUT2D eigenvalue weighted by molar-refractivity contribution is 0.466. The molecule has 0 aliphatic carbocycles. The van der Waals surface area contributed by atoms with Gasteiger partial charge < -0.3 is 0 Å². The zero-order valence-corrected chi connectivity index (χ0v) is 14.1. The van der Waals surface area contributed by atoms with Crippen LogP contribution in [0.4, 0.5) is 0 Å². The van der Waals surface area contributed by atoms with Crippen LogP contribution in [-0.4, -0.2) is 24.8 Å². The van der Waals surface area contributed by atoms with Crippen molar-refractivity contribution in [2.24, 2.45) is 0 Å². The zero-order chi connectivity index (χ0) is 17.0. The lowest BCUT2D eigenvalue weighted by Crippen LogP contribution is -2.27. The summed E-state index contributed by atoms with van der Waals surface area (Å²) in [7, 11) is -2.02. The number of hydrogen-bond donors (Lipinski definition) is 0. The van der Waals surface area contributed by atoms with Crippen molar-refractivity contribution in [3.63, 3.8) is 0 Å². The van der Waals surface area contributed by atoms with Gasteiger partial charge in [-0.25, -0.2) is 8.42 Å². The first kappa shape index (κ1) is 16.4. The van der Waals surface area contributed by atoms with Gasteiger partial charge in [-0.1, -0.05) is 54.6 Å². The standard InChI is InChI=1S/C19H18N2O2S/c1-21(15-16-8-7-13-20-14-16)24(22,23)19-12-6-5-11-18(19)17-9-3-2-4-10-17/h2-14H,15H2,1H3. The third kappa shape index (κ3) is 3.37. The molecular formula is C19H18N2O2S. The summed E-state index contributed by atoms with van der Waals surface area (Å²) in [5.41, 5.74) is 2.43. The highest BCUT2D eigenvalue weighted by molar-refractivity contribution is 7.89. The second kappa shape index (κ2) is 6.95. The van der Waals surface area contributed by atoms with Crippen molar-refractivity contribution in [1.82, 2.24) is 9.29 Å². The first-order chi connectivity index (χ1) is 11.6. The van der Waals surface area contributed by atoms with Gasteiger partial charge in [-0.15, -0.1) is 0 Å². The van der Waals surface area contributed by atoms with E-state index in [4.69, 9.17) is 0 Å². The van der Waals surface area contributed by atoms with Crippen LogP contribution in [0.25, 0.3) is 11.1 Å². The largest absolute Gasteiger partial charge is 0.264 e. The molecule has 4 nitrogen and oxygen atoms in total. The summed E-state index contributed by atoms with van der Waals surface area (Å²) in [6.45, 7) is 0.277. The number of benzene rings is 2. The highest BCUT2D eigenvalue weighted by Crippen LogP contribution is 2.29. The Morgan fingerprint density at radius 1 is 0.917 bits per heavy atom. The van der Waals surface area contributed by atoms with Crippen LogP contribution in [0.2, 0.25) is 0 Å². The Hall–Kier alpha value is -2.50. The van der Waals surface area contributed by atoms with Crippen LogP contribution in [0.5, 0.6) is 0 Å². The van der Waals surface area contributed by atoms with Gasteiger partial charge in [0, 0.05) is 31.5 Å². The van der Waals surface area contributed by atoms with Gasteiger partial charge in [-0.05, 0) is 23.3 Å². The van der Waals surface area contributed by atoms with Gasteiger partial charge in [-0.3, -0.25) is 4.98 Å². The number of rotatable bonds is 5. The monoisotopic (exact) mass is 338 g/mol. The maximum atomic E-state index is 13.0.